The van der Waals surface area contributed by atoms with E-state index in [1.807, 2.05) is 0 Å². The number of likely N-dealkylation sites (N-methyl/N-ethyl adjacent to an activating group) is 1. The number of nitrogens with zero attached hydrogens (tertiary/aromatic N) is 1. The maximum absolute atomic E-state index is 13.2. The molecule has 21 heavy (non-hydrogen) atoms. The number of carbonyl (C=O) groups excluding carboxylic acids is 1. The van der Waals surface area contributed by atoms with Gasteiger partial charge in [-0.2, -0.15) is 13.2 Å². The first-order valence-electron chi connectivity index (χ1n) is 6.29. The van der Waals surface area contributed by atoms with Gasteiger partial charge in [-0.1, -0.05) is 17.4 Å². The summed E-state index contributed by atoms with van der Waals surface area (Å²) in [5.74, 6) is -3.20. The van der Waals surface area contributed by atoms with Crippen molar-refractivity contribution in [3.05, 3.63) is 23.8 Å². The Hall–Kier alpha value is -1.83. The lowest BCUT2D eigenvalue weighted by molar-refractivity contribution is -0.164. The van der Waals surface area contributed by atoms with Crippen molar-refractivity contribution >= 4 is 32.6 Å². The van der Waals surface area contributed by atoms with Crippen LogP contribution in [0, 0.1) is 0 Å². The summed E-state index contributed by atoms with van der Waals surface area (Å²) in [7, 11) is 1.69. The lowest BCUT2D eigenvalue weighted by atomic mass is 9.97. The predicted octanol–water partition coefficient (Wildman–Crippen LogP) is 3.12. The minimum atomic E-state index is -4.64. The van der Waals surface area contributed by atoms with Crippen LogP contribution < -0.4 is 10.6 Å². The molecule has 2 aromatic rings. The number of fused-ring (bicyclic) bond motifs is 1. The monoisotopic (exact) mass is 317 g/mol. The number of nitrogens with one attached hydrogen (secondary N) is 2. The van der Waals surface area contributed by atoms with Crippen LogP contribution in [0.15, 0.2) is 18.2 Å². The molecule has 114 valence electrons. The number of hydrogen-bond donors (Lipinski definition) is 2. The summed E-state index contributed by atoms with van der Waals surface area (Å²) < 4.78 is 40.1. The minimum absolute atomic E-state index is 0.0766. The molecule has 0 bridgehead atoms. The lowest BCUT2D eigenvalue weighted by Gasteiger charge is -2.19. The Bertz CT molecular complexity index is 654. The molecule has 0 spiro atoms. The van der Waals surface area contributed by atoms with Crippen molar-refractivity contribution in [1.29, 1.82) is 0 Å². The van der Waals surface area contributed by atoms with Crippen molar-refractivity contribution in [3.8, 4) is 0 Å². The Labute approximate surface area is 123 Å². The second-order valence-corrected chi connectivity index (χ2v) is 5.40. The molecule has 1 aromatic carbocycles. The molecule has 0 aliphatic carbocycles. The van der Waals surface area contributed by atoms with Gasteiger partial charge < -0.3 is 10.6 Å². The van der Waals surface area contributed by atoms with Gasteiger partial charge in [-0.3, -0.25) is 4.79 Å². The van der Waals surface area contributed by atoms with Crippen molar-refractivity contribution in [1.82, 2.24) is 10.3 Å². The zero-order valence-corrected chi connectivity index (χ0v) is 12.2. The smallest absolute Gasteiger partial charge is 0.365 e. The van der Waals surface area contributed by atoms with Gasteiger partial charge in [0, 0.05) is 13.6 Å². The first kappa shape index (κ1) is 15.6. The topological polar surface area (TPSA) is 54.0 Å². The fourth-order valence-corrected chi connectivity index (χ4v) is 2.86. The molecular formula is C13H14F3N3OS. The summed E-state index contributed by atoms with van der Waals surface area (Å²) in [5, 5.41) is 5.69. The molecule has 2 rings (SSSR count). The highest BCUT2D eigenvalue weighted by atomic mass is 32.1. The Morgan fingerprint density at radius 1 is 1.43 bits per heavy atom. The summed E-state index contributed by atoms with van der Waals surface area (Å²) in [6, 6.07) is 4.18. The van der Waals surface area contributed by atoms with Gasteiger partial charge in [0.25, 0.3) is 0 Å². The Balaban J connectivity index is 2.46. The molecule has 1 unspecified atom stereocenters. The molecule has 1 amide bonds. The number of amides is 1. The molecule has 0 fully saturated rings. The van der Waals surface area contributed by atoms with Crippen LogP contribution in [0.4, 0.5) is 18.3 Å². The van der Waals surface area contributed by atoms with E-state index in [1.165, 1.54) is 29.5 Å². The van der Waals surface area contributed by atoms with E-state index in [1.54, 1.807) is 14.0 Å². The molecule has 1 aromatic heterocycles. The Kier molecular flexibility index (Phi) is 4.36. The number of benzene rings is 1. The van der Waals surface area contributed by atoms with Crippen molar-refractivity contribution in [2.75, 3.05) is 18.9 Å². The highest BCUT2D eigenvalue weighted by Gasteiger charge is 2.45. The van der Waals surface area contributed by atoms with Gasteiger partial charge in [0.05, 0.1) is 10.2 Å². The van der Waals surface area contributed by atoms with Crippen LogP contribution >= 0.6 is 11.3 Å². The van der Waals surface area contributed by atoms with Gasteiger partial charge >= 0.3 is 6.18 Å². The number of rotatable bonds is 4. The second kappa shape index (κ2) is 5.88. The molecule has 0 saturated heterocycles. The summed E-state index contributed by atoms with van der Waals surface area (Å²) in [5.41, 5.74) is 0.525. The molecular weight excluding hydrogens is 303 g/mol. The molecule has 0 aliphatic rings. The number of aromatic nitrogens is 1. The van der Waals surface area contributed by atoms with Crippen molar-refractivity contribution < 1.29 is 18.0 Å². The maximum atomic E-state index is 13.2. The van der Waals surface area contributed by atoms with Gasteiger partial charge in [-0.15, -0.1) is 0 Å². The SMILES string of the molecule is CCNC(=O)C(c1ccc2nc(NC)sc2c1)C(F)(F)F. The van der Waals surface area contributed by atoms with Gasteiger partial charge in [0.1, 0.15) is 0 Å². The standard InChI is InChI=1S/C13H14F3N3OS/c1-3-18-11(20)10(13(14,15)16)7-4-5-8-9(6-7)21-12(17-2)19-8/h4-6,10H,3H2,1-2H3,(H,17,19)(H,18,20). The van der Waals surface area contributed by atoms with Crippen LogP contribution in [0.25, 0.3) is 10.2 Å². The maximum Gasteiger partial charge on any atom is 0.404 e. The first-order valence-corrected chi connectivity index (χ1v) is 7.11. The van der Waals surface area contributed by atoms with E-state index >= 15 is 0 Å². The van der Waals surface area contributed by atoms with E-state index in [-0.39, 0.29) is 12.1 Å². The highest BCUT2D eigenvalue weighted by molar-refractivity contribution is 7.22. The summed E-state index contributed by atoms with van der Waals surface area (Å²) >= 11 is 1.24. The molecule has 0 saturated carbocycles. The summed E-state index contributed by atoms with van der Waals surface area (Å²) in [4.78, 5) is 15.9. The van der Waals surface area contributed by atoms with Gasteiger partial charge in [0.2, 0.25) is 5.91 Å². The minimum Gasteiger partial charge on any atom is -0.365 e. The number of hydrogen-bond acceptors (Lipinski definition) is 4. The third-order valence-corrected chi connectivity index (χ3v) is 3.94. The number of thiazole rings is 1. The fourth-order valence-electron chi connectivity index (χ4n) is 1.99. The second-order valence-electron chi connectivity index (χ2n) is 4.37. The highest BCUT2D eigenvalue weighted by Crippen LogP contribution is 2.37. The molecule has 0 aliphatic heterocycles. The third-order valence-electron chi connectivity index (χ3n) is 2.90. The van der Waals surface area contributed by atoms with Crippen LogP contribution in [0.2, 0.25) is 0 Å². The van der Waals surface area contributed by atoms with E-state index in [0.717, 1.165) is 0 Å². The fraction of sp³-hybridized carbons (Fsp3) is 0.385. The van der Waals surface area contributed by atoms with Crippen LogP contribution in [0.5, 0.6) is 0 Å². The van der Waals surface area contributed by atoms with Gasteiger partial charge in [-0.25, -0.2) is 4.98 Å². The van der Waals surface area contributed by atoms with Crippen molar-refractivity contribution in [3.63, 3.8) is 0 Å². The number of anilines is 1. The van der Waals surface area contributed by atoms with Crippen LogP contribution in [-0.4, -0.2) is 30.7 Å². The zero-order chi connectivity index (χ0) is 15.6. The Morgan fingerprint density at radius 3 is 2.71 bits per heavy atom. The number of carbonyl (C=O) groups is 1. The van der Waals surface area contributed by atoms with E-state index in [4.69, 9.17) is 0 Å². The van der Waals surface area contributed by atoms with E-state index < -0.39 is 18.0 Å². The summed E-state index contributed by atoms with van der Waals surface area (Å²) in [6.45, 7) is 1.73. The number of halogens is 3. The average Bonchev–Trinajstić information content (AvgIpc) is 2.79. The van der Waals surface area contributed by atoms with Crippen LogP contribution in [0.3, 0.4) is 0 Å². The van der Waals surface area contributed by atoms with Gasteiger partial charge in [0.15, 0.2) is 11.0 Å². The van der Waals surface area contributed by atoms with E-state index in [0.29, 0.717) is 15.3 Å². The Morgan fingerprint density at radius 2 is 2.14 bits per heavy atom. The third kappa shape index (κ3) is 3.26. The first-order chi connectivity index (χ1) is 9.86. The normalized spacial score (nSPS) is 13.2. The van der Waals surface area contributed by atoms with Crippen LogP contribution in [-0.2, 0) is 4.79 Å². The molecule has 1 heterocycles. The lowest BCUT2D eigenvalue weighted by Crippen LogP contribution is -2.37. The molecule has 1 atom stereocenters. The average molecular weight is 317 g/mol. The zero-order valence-electron chi connectivity index (χ0n) is 11.4. The molecule has 4 nitrogen and oxygen atoms in total. The van der Waals surface area contributed by atoms with Crippen molar-refractivity contribution in [2.24, 2.45) is 0 Å². The molecule has 0 radical (unpaired) electrons. The quantitative estimate of drug-likeness (QED) is 0.911. The molecule has 2 N–H and O–H groups in total. The van der Waals surface area contributed by atoms with E-state index in [2.05, 4.69) is 15.6 Å². The van der Waals surface area contributed by atoms with Crippen molar-refractivity contribution in [2.45, 2.75) is 19.0 Å². The van der Waals surface area contributed by atoms with E-state index in [9.17, 15) is 18.0 Å². The summed E-state index contributed by atoms with van der Waals surface area (Å²) in [6.07, 6.45) is -4.64. The van der Waals surface area contributed by atoms with Crippen LogP contribution in [0.1, 0.15) is 18.4 Å². The van der Waals surface area contributed by atoms with Gasteiger partial charge in [-0.05, 0) is 24.6 Å². The molecule has 8 heteroatoms. The number of alkyl halides is 3. The predicted molar refractivity (Wildman–Crippen MR) is 76.6 cm³/mol. The largest absolute Gasteiger partial charge is 0.404 e.